The lowest BCUT2D eigenvalue weighted by atomic mass is 10.1. The van der Waals surface area contributed by atoms with Crippen molar-refractivity contribution < 1.29 is 22.7 Å². The number of fused-ring (bicyclic) bond motifs is 1. The Morgan fingerprint density at radius 2 is 2.07 bits per heavy atom. The van der Waals surface area contributed by atoms with Crippen LogP contribution in [0.5, 0.6) is 0 Å². The summed E-state index contributed by atoms with van der Waals surface area (Å²) < 4.78 is 45.3. The van der Waals surface area contributed by atoms with E-state index in [0.29, 0.717) is 21.1 Å². The van der Waals surface area contributed by atoms with Gasteiger partial charge in [-0.25, -0.2) is 14.8 Å². The summed E-state index contributed by atoms with van der Waals surface area (Å²) in [6, 6.07) is 3.13. The highest BCUT2D eigenvalue weighted by molar-refractivity contribution is 9.10. The number of hydrogen-bond acceptors (Lipinski definition) is 5. The zero-order chi connectivity index (χ0) is 19.8. The lowest BCUT2D eigenvalue weighted by Gasteiger charge is -2.12. The van der Waals surface area contributed by atoms with Gasteiger partial charge in [-0.1, -0.05) is 6.07 Å². The van der Waals surface area contributed by atoms with Crippen molar-refractivity contribution in [2.75, 3.05) is 24.8 Å². The van der Waals surface area contributed by atoms with Gasteiger partial charge in [0.15, 0.2) is 0 Å². The van der Waals surface area contributed by atoms with E-state index in [2.05, 4.69) is 46.3 Å². The van der Waals surface area contributed by atoms with E-state index in [1.807, 2.05) is 0 Å². The van der Waals surface area contributed by atoms with Gasteiger partial charge < -0.3 is 15.0 Å². The van der Waals surface area contributed by atoms with Crippen molar-refractivity contribution in [1.82, 2.24) is 15.0 Å². The van der Waals surface area contributed by atoms with Gasteiger partial charge in [0.25, 0.3) is 0 Å². The summed E-state index contributed by atoms with van der Waals surface area (Å²) in [5.74, 6) is 0.0652. The number of rotatable bonds is 3. The van der Waals surface area contributed by atoms with Crippen LogP contribution < -0.4 is 10.6 Å². The average Bonchev–Trinajstić information content (AvgIpc) is 3.07. The summed E-state index contributed by atoms with van der Waals surface area (Å²) >= 11 is 3.34. The minimum atomic E-state index is -4.62. The third kappa shape index (κ3) is 3.54. The van der Waals surface area contributed by atoms with Crippen LogP contribution in [0.15, 0.2) is 29.0 Å². The molecule has 3 N–H and O–H groups in total. The van der Waals surface area contributed by atoms with Gasteiger partial charge in [0.05, 0.1) is 28.5 Å². The molecule has 1 aromatic carbocycles. The zero-order valence-corrected chi connectivity index (χ0v) is 15.6. The number of benzene rings is 1. The molecule has 0 fully saturated rings. The number of amides is 1. The number of anilines is 2. The molecule has 11 heteroatoms. The Morgan fingerprint density at radius 3 is 2.70 bits per heavy atom. The predicted molar refractivity (Wildman–Crippen MR) is 97.6 cm³/mol. The number of nitrogens with zero attached hydrogens (tertiary/aromatic N) is 2. The van der Waals surface area contributed by atoms with Gasteiger partial charge in [-0.2, -0.15) is 13.2 Å². The maximum Gasteiger partial charge on any atom is 0.419 e. The first-order valence-corrected chi connectivity index (χ1v) is 8.32. The maximum atomic E-state index is 13.4. The number of aromatic amines is 1. The van der Waals surface area contributed by atoms with Crippen LogP contribution in [-0.2, 0) is 10.9 Å². The second kappa shape index (κ2) is 7.06. The Bertz CT molecular complexity index is 1020. The molecule has 0 aliphatic carbocycles. The number of methoxy groups -OCH3 is 1. The van der Waals surface area contributed by atoms with Crippen molar-refractivity contribution in [2.24, 2.45) is 0 Å². The minimum absolute atomic E-state index is 0.0652. The molecule has 0 aliphatic rings. The summed E-state index contributed by atoms with van der Waals surface area (Å²) in [7, 11) is 2.74. The number of carbonyl (C=O) groups is 1. The molecule has 0 spiro atoms. The first-order valence-electron chi connectivity index (χ1n) is 7.53. The van der Waals surface area contributed by atoms with E-state index >= 15 is 0 Å². The second-order valence-electron chi connectivity index (χ2n) is 5.37. The minimum Gasteiger partial charge on any atom is -0.453 e. The first-order chi connectivity index (χ1) is 12.8. The molecule has 3 aromatic rings. The van der Waals surface area contributed by atoms with Gasteiger partial charge in [-0.15, -0.1) is 0 Å². The number of H-pyrrole nitrogens is 1. The highest BCUT2D eigenvalue weighted by Crippen LogP contribution is 2.41. The van der Waals surface area contributed by atoms with Gasteiger partial charge in [-0.05, 0) is 22.0 Å². The molecule has 7 nitrogen and oxygen atoms in total. The number of ether oxygens (including phenoxy) is 1. The maximum absolute atomic E-state index is 13.4. The average molecular weight is 444 g/mol. The third-order valence-corrected chi connectivity index (χ3v) is 4.61. The lowest BCUT2D eigenvalue weighted by Crippen LogP contribution is -2.11. The molecule has 0 radical (unpaired) electrons. The quantitative estimate of drug-likeness (QED) is 0.548. The second-order valence-corrected chi connectivity index (χ2v) is 6.17. The van der Waals surface area contributed by atoms with Crippen LogP contribution in [0.3, 0.4) is 0 Å². The Labute approximate surface area is 159 Å². The fraction of sp³-hybridized carbons (Fsp3) is 0.188. The summed E-state index contributed by atoms with van der Waals surface area (Å²) in [5.41, 5.74) is -0.0560. The Hall–Kier alpha value is -2.82. The number of nitrogens with one attached hydrogen (secondary N) is 3. The first kappa shape index (κ1) is 19.0. The molecule has 3 rings (SSSR count). The van der Waals surface area contributed by atoms with Crippen LogP contribution >= 0.6 is 15.9 Å². The molecule has 0 aliphatic heterocycles. The molecule has 142 valence electrons. The molecular weight excluding hydrogens is 431 g/mol. The molecule has 0 saturated carbocycles. The van der Waals surface area contributed by atoms with Gasteiger partial charge in [0, 0.05) is 30.4 Å². The van der Waals surface area contributed by atoms with Crippen molar-refractivity contribution in [3.05, 3.63) is 34.6 Å². The SMILES string of the molecule is CNc1ncc(C(F)(F)F)c(-c2c[nH]c3c(Br)c(NC(=O)OC)ccc23)n1. The van der Waals surface area contributed by atoms with Crippen LogP contribution in [0.4, 0.5) is 29.6 Å². The summed E-state index contributed by atoms with van der Waals surface area (Å²) in [5, 5.41) is 5.63. The smallest absolute Gasteiger partial charge is 0.419 e. The van der Waals surface area contributed by atoms with Crippen molar-refractivity contribution in [1.29, 1.82) is 0 Å². The van der Waals surface area contributed by atoms with Crippen LogP contribution in [0.25, 0.3) is 22.2 Å². The van der Waals surface area contributed by atoms with E-state index in [-0.39, 0.29) is 17.2 Å². The van der Waals surface area contributed by atoms with Gasteiger partial charge in [0.2, 0.25) is 5.95 Å². The molecule has 0 saturated heterocycles. The molecule has 0 atom stereocenters. The van der Waals surface area contributed by atoms with Crippen molar-refractivity contribution in [3.63, 3.8) is 0 Å². The fourth-order valence-electron chi connectivity index (χ4n) is 2.53. The standard InChI is InChI=1S/C16H13BrF3N5O2/c1-21-14-23-6-9(16(18,19)20)12(25-14)8-5-22-13-7(8)3-4-10(11(13)17)24-15(26)27-2/h3-6,22H,1-2H3,(H,24,26)(H,21,23,25). The van der Waals surface area contributed by atoms with E-state index in [4.69, 9.17) is 0 Å². The zero-order valence-electron chi connectivity index (χ0n) is 14.0. The van der Waals surface area contributed by atoms with Gasteiger partial charge in [0.1, 0.15) is 5.56 Å². The van der Waals surface area contributed by atoms with E-state index in [0.717, 1.165) is 6.20 Å². The number of hydrogen-bond donors (Lipinski definition) is 3. The lowest BCUT2D eigenvalue weighted by molar-refractivity contribution is -0.137. The largest absolute Gasteiger partial charge is 0.453 e. The highest BCUT2D eigenvalue weighted by atomic mass is 79.9. The summed E-state index contributed by atoms with van der Waals surface area (Å²) in [6.07, 6.45) is -3.12. The molecule has 2 aromatic heterocycles. The van der Waals surface area contributed by atoms with Gasteiger partial charge >= 0.3 is 12.3 Å². The Kier molecular flexibility index (Phi) is 4.96. The molecule has 0 unspecified atom stereocenters. The van der Waals surface area contributed by atoms with E-state index in [1.165, 1.54) is 20.4 Å². The third-order valence-electron chi connectivity index (χ3n) is 3.79. The molecular formula is C16H13BrF3N5O2. The predicted octanol–water partition coefficient (Wildman–Crippen LogP) is 4.63. The van der Waals surface area contributed by atoms with E-state index < -0.39 is 17.8 Å². The number of halogens is 4. The number of alkyl halides is 3. The van der Waals surface area contributed by atoms with E-state index in [9.17, 15) is 18.0 Å². The monoisotopic (exact) mass is 443 g/mol. The molecule has 0 bridgehead atoms. The highest BCUT2D eigenvalue weighted by Gasteiger charge is 2.36. The molecule has 2 heterocycles. The van der Waals surface area contributed by atoms with Crippen molar-refractivity contribution in [3.8, 4) is 11.3 Å². The van der Waals surface area contributed by atoms with Crippen molar-refractivity contribution in [2.45, 2.75) is 6.18 Å². The van der Waals surface area contributed by atoms with Crippen LogP contribution in [0.2, 0.25) is 0 Å². The topological polar surface area (TPSA) is 91.9 Å². The molecule has 1 amide bonds. The van der Waals surface area contributed by atoms with Crippen LogP contribution in [-0.4, -0.2) is 35.2 Å². The molecule has 27 heavy (non-hydrogen) atoms. The number of aromatic nitrogens is 3. The van der Waals surface area contributed by atoms with Crippen LogP contribution in [0, 0.1) is 0 Å². The summed E-state index contributed by atoms with van der Waals surface area (Å²) in [6.45, 7) is 0. The Morgan fingerprint density at radius 1 is 1.33 bits per heavy atom. The van der Waals surface area contributed by atoms with Crippen LogP contribution in [0.1, 0.15) is 5.56 Å². The Balaban J connectivity index is 2.19. The number of carbonyl (C=O) groups excluding carboxylic acids is 1. The normalized spacial score (nSPS) is 11.5. The summed E-state index contributed by atoms with van der Waals surface area (Å²) in [4.78, 5) is 22.0. The van der Waals surface area contributed by atoms with E-state index in [1.54, 1.807) is 12.1 Å². The van der Waals surface area contributed by atoms with Crippen molar-refractivity contribution >= 4 is 44.6 Å². The van der Waals surface area contributed by atoms with Gasteiger partial charge in [-0.3, -0.25) is 5.32 Å². The fourth-order valence-corrected chi connectivity index (χ4v) is 3.09.